The third-order valence-corrected chi connectivity index (χ3v) is 6.34. The first-order valence-electron chi connectivity index (χ1n) is 9.24. The minimum absolute atomic E-state index is 0.247. The normalized spacial score (nSPS) is 12.0. The summed E-state index contributed by atoms with van der Waals surface area (Å²) < 4.78 is 27.1. The van der Waals surface area contributed by atoms with Crippen molar-refractivity contribution in [3.63, 3.8) is 0 Å². The van der Waals surface area contributed by atoms with Gasteiger partial charge in [-0.1, -0.05) is 60.1 Å². The van der Waals surface area contributed by atoms with Crippen molar-refractivity contribution >= 4 is 46.5 Å². The quantitative estimate of drug-likeness (QED) is 0.505. The molecule has 0 radical (unpaired) electrons. The van der Waals surface area contributed by atoms with E-state index in [1.165, 1.54) is 12.5 Å². The summed E-state index contributed by atoms with van der Waals surface area (Å²) in [4.78, 5) is 8.19. The fourth-order valence-corrected chi connectivity index (χ4v) is 4.22. The number of H-pyrrole nitrogens is 1. The van der Waals surface area contributed by atoms with Gasteiger partial charge in [-0.2, -0.15) is 0 Å². The van der Waals surface area contributed by atoms with Crippen molar-refractivity contribution in [2.24, 2.45) is 0 Å². The van der Waals surface area contributed by atoms with Crippen LogP contribution in [-0.2, 0) is 10.0 Å². The summed E-state index contributed by atoms with van der Waals surface area (Å²) in [6, 6.07) is 20.8. The van der Waals surface area contributed by atoms with Crippen molar-refractivity contribution in [1.82, 2.24) is 14.7 Å². The lowest BCUT2D eigenvalue weighted by atomic mass is 9.90. The highest BCUT2D eigenvalue weighted by Gasteiger charge is 2.17. The smallest absolute Gasteiger partial charge is 0.240 e. The summed E-state index contributed by atoms with van der Waals surface area (Å²) in [5, 5.41) is 0. The second-order valence-corrected chi connectivity index (χ2v) is 8.60. The third kappa shape index (κ3) is 3.88. The van der Waals surface area contributed by atoms with Gasteiger partial charge in [0.05, 0.1) is 15.9 Å². The predicted octanol–water partition coefficient (Wildman–Crippen LogP) is 2.57. The van der Waals surface area contributed by atoms with Gasteiger partial charge in [0, 0.05) is 5.56 Å². The minimum Gasteiger partial charge on any atom is -0.338 e. The van der Waals surface area contributed by atoms with Crippen molar-refractivity contribution in [3.05, 3.63) is 78.1 Å². The Labute approximate surface area is 171 Å². The maximum Gasteiger partial charge on any atom is 0.240 e. The van der Waals surface area contributed by atoms with Crippen LogP contribution in [0.15, 0.2) is 71.6 Å². The van der Waals surface area contributed by atoms with E-state index in [4.69, 9.17) is 0 Å². The molecule has 0 unspecified atom stereocenters. The molecule has 1 heterocycles. The number of sulfonamides is 1. The van der Waals surface area contributed by atoms with Gasteiger partial charge in [-0.3, -0.25) is 0 Å². The van der Waals surface area contributed by atoms with Crippen LogP contribution in [0.4, 0.5) is 0 Å². The Morgan fingerprint density at radius 1 is 1.00 bits per heavy atom. The molecular formula is C22H20BN3O2S. The van der Waals surface area contributed by atoms with Crippen LogP contribution in [0, 0.1) is 0 Å². The Bertz CT molecular complexity index is 1330. The number of benzene rings is 3. The molecule has 4 aromatic rings. The van der Waals surface area contributed by atoms with Gasteiger partial charge in [-0.05, 0) is 42.4 Å². The highest BCUT2D eigenvalue weighted by Crippen LogP contribution is 2.29. The molecule has 0 amide bonds. The lowest BCUT2D eigenvalue weighted by molar-refractivity contribution is 0.588. The molecule has 0 atom stereocenters. The fourth-order valence-electron chi connectivity index (χ4n) is 3.26. The number of rotatable bonds is 5. The Kier molecular flexibility index (Phi) is 5.09. The summed E-state index contributed by atoms with van der Waals surface area (Å²) in [6.07, 6.45) is 3.98. The highest BCUT2D eigenvalue weighted by atomic mass is 32.2. The molecule has 0 bridgehead atoms. The molecule has 2 N–H and O–H groups in total. The van der Waals surface area contributed by atoms with Crippen molar-refractivity contribution in [3.8, 4) is 11.1 Å². The Morgan fingerprint density at radius 3 is 2.55 bits per heavy atom. The molecule has 4 rings (SSSR count). The molecule has 144 valence electrons. The molecule has 0 aliphatic carbocycles. The van der Waals surface area contributed by atoms with Gasteiger partial charge in [-0.25, -0.2) is 18.1 Å². The Hall–Kier alpha value is -3.16. The van der Waals surface area contributed by atoms with Crippen LogP contribution in [0.1, 0.15) is 11.4 Å². The SMILES string of the molecule is Bc1ccccc1/C=C/c1nc2cc(-c3ccccc3S(=O)(=O)NC)ccc2[nH]1. The van der Waals surface area contributed by atoms with E-state index >= 15 is 0 Å². The van der Waals surface area contributed by atoms with Crippen LogP contribution in [0.3, 0.4) is 0 Å². The zero-order valence-electron chi connectivity index (χ0n) is 16.2. The summed E-state index contributed by atoms with van der Waals surface area (Å²) in [6.45, 7) is 0. The molecule has 3 aromatic carbocycles. The van der Waals surface area contributed by atoms with Crippen LogP contribution >= 0.6 is 0 Å². The lowest BCUT2D eigenvalue weighted by Gasteiger charge is -2.09. The number of aromatic nitrogens is 2. The summed E-state index contributed by atoms with van der Waals surface area (Å²) in [7, 11) is -0.0743. The van der Waals surface area contributed by atoms with E-state index in [-0.39, 0.29) is 4.90 Å². The number of hydrogen-bond acceptors (Lipinski definition) is 3. The molecule has 29 heavy (non-hydrogen) atoms. The topological polar surface area (TPSA) is 74.8 Å². The van der Waals surface area contributed by atoms with E-state index in [1.807, 2.05) is 48.6 Å². The second kappa shape index (κ2) is 7.70. The molecule has 5 nitrogen and oxygen atoms in total. The van der Waals surface area contributed by atoms with Crippen LogP contribution < -0.4 is 10.2 Å². The van der Waals surface area contributed by atoms with Crippen molar-refractivity contribution < 1.29 is 8.42 Å². The highest BCUT2D eigenvalue weighted by molar-refractivity contribution is 7.89. The molecule has 0 saturated carbocycles. The largest absolute Gasteiger partial charge is 0.338 e. The molecule has 0 spiro atoms. The first-order chi connectivity index (χ1) is 14.0. The molecule has 7 heteroatoms. The minimum atomic E-state index is -3.56. The van der Waals surface area contributed by atoms with Crippen molar-refractivity contribution in [2.45, 2.75) is 4.90 Å². The number of nitrogens with one attached hydrogen (secondary N) is 2. The third-order valence-electron chi connectivity index (χ3n) is 4.87. The van der Waals surface area contributed by atoms with E-state index in [0.717, 1.165) is 28.0 Å². The van der Waals surface area contributed by atoms with Gasteiger partial charge in [-0.15, -0.1) is 0 Å². The first kappa shape index (κ1) is 19.2. The lowest BCUT2D eigenvalue weighted by Crippen LogP contribution is -2.19. The number of nitrogens with zero attached hydrogens (tertiary/aromatic N) is 1. The van der Waals surface area contributed by atoms with Crippen LogP contribution in [0.5, 0.6) is 0 Å². The van der Waals surface area contributed by atoms with Gasteiger partial charge >= 0.3 is 0 Å². The van der Waals surface area contributed by atoms with Gasteiger partial charge in [0.1, 0.15) is 13.7 Å². The average Bonchev–Trinajstić information content (AvgIpc) is 3.15. The summed E-state index contributed by atoms with van der Waals surface area (Å²) >= 11 is 0. The van der Waals surface area contributed by atoms with Gasteiger partial charge < -0.3 is 4.98 Å². The van der Waals surface area contributed by atoms with E-state index in [1.54, 1.807) is 18.2 Å². The molecular weight excluding hydrogens is 381 g/mol. The maximum absolute atomic E-state index is 12.4. The summed E-state index contributed by atoms with van der Waals surface area (Å²) in [5.41, 5.74) is 5.46. The van der Waals surface area contributed by atoms with Gasteiger partial charge in [0.15, 0.2) is 0 Å². The molecule has 0 aliphatic heterocycles. The monoisotopic (exact) mass is 401 g/mol. The molecule has 1 aromatic heterocycles. The average molecular weight is 401 g/mol. The molecule has 0 saturated heterocycles. The zero-order chi connectivity index (χ0) is 20.4. The van der Waals surface area contributed by atoms with Crippen LogP contribution in [0.2, 0.25) is 0 Å². The Morgan fingerprint density at radius 2 is 1.76 bits per heavy atom. The first-order valence-corrected chi connectivity index (χ1v) is 10.7. The second-order valence-electron chi connectivity index (χ2n) is 6.75. The van der Waals surface area contributed by atoms with E-state index in [2.05, 4.69) is 34.7 Å². The zero-order valence-corrected chi connectivity index (χ0v) is 17.0. The maximum atomic E-state index is 12.4. The number of fused-ring (bicyclic) bond motifs is 1. The molecule has 0 fully saturated rings. The van der Waals surface area contributed by atoms with Gasteiger partial charge in [0.2, 0.25) is 10.0 Å². The van der Waals surface area contributed by atoms with Crippen molar-refractivity contribution in [1.29, 1.82) is 0 Å². The van der Waals surface area contributed by atoms with Crippen LogP contribution in [0.25, 0.3) is 34.3 Å². The number of imidazole rings is 1. The van der Waals surface area contributed by atoms with E-state index < -0.39 is 10.0 Å². The fraction of sp³-hybridized carbons (Fsp3) is 0.0455. The van der Waals surface area contributed by atoms with Gasteiger partial charge in [0.25, 0.3) is 0 Å². The standard InChI is InChI=1S/C22H20BN3O2S/c1-24-29(27,28)21-9-5-3-7-17(21)16-10-12-19-20(14-16)26-22(25-19)13-11-15-6-2-4-8-18(15)23/h2-14,24H,23H2,1H3,(H,25,26)/b13-11+. The van der Waals surface area contributed by atoms with E-state index in [9.17, 15) is 8.42 Å². The van der Waals surface area contributed by atoms with E-state index in [0.29, 0.717) is 5.56 Å². The summed E-state index contributed by atoms with van der Waals surface area (Å²) in [5.74, 6) is 0.747. The van der Waals surface area contributed by atoms with Crippen molar-refractivity contribution in [2.75, 3.05) is 7.05 Å². The van der Waals surface area contributed by atoms with Crippen LogP contribution in [-0.4, -0.2) is 33.3 Å². The number of hydrogen-bond donors (Lipinski definition) is 2. The molecule has 0 aliphatic rings. The Balaban J connectivity index is 1.73. The predicted molar refractivity (Wildman–Crippen MR) is 121 cm³/mol. The number of aromatic amines is 1.